The van der Waals surface area contributed by atoms with E-state index >= 15 is 0 Å². The maximum atomic E-state index is 6.08. The van der Waals surface area contributed by atoms with E-state index in [1.807, 2.05) is 13.8 Å². The van der Waals surface area contributed by atoms with Crippen LogP contribution >= 0.6 is 0 Å². The third kappa shape index (κ3) is 5.67. The lowest BCUT2D eigenvalue weighted by atomic mass is 10.3. The van der Waals surface area contributed by atoms with Crippen LogP contribution in [0, 0.1) is 0 Å². The van der Waals surface area contributed by atoms with Crippen molar-refractivity contribution in [3.05, 3.63) is 5.82 Å². The highest BCUT2D eigenvalue weighted by Gasteiger charge is 2.11. The van der Waals surface area contributed by atoms with E-state index in [0.29, 0.717) is 24.0 Å². The first-order valence-corrected chi connectivity index (χ1v) is 8.41. The van der Waals surface area contributed by atoms with Crippen molar-refractivity contribution in [2.75, 3.05) is 43.8 Å². The van der Waals surface area contributed by atoms with E-state index in [0.717, 1.165) is 44.8 Å². The predicted molar refractivity (Wildman–Crippen MR) is 92.5 cm³/mol. The Balaban J connectivity index is 2.52. The highest BCUT2D eigenvalue weighted by molar-refractivity contribution is 5.66. The van der Waals surface area contributed by atoms with Crippen molar-refractivity contribution in [1.29, 1.82) is 0 Å². The van der Waals surface area contributed by atoms with Crippen LogP contribution in [0.2, 0.25) is 0 Å². The molecule has 0 amide bonds. The van der Waals surface area contributed by atoms with E-state index in [2.05, 4.69) is 34.0 Å². The van der Waals surface area contributed by atoms with Gasteiger partial charge in [0.1, 0.15) is 11.5 Å². The number of nitrogens with one attached hydrogen (secondary N) is 1. The van der Waals surface area contributed by atoms with Gasteiger partial charge in [0.25, 0.3) is 0 Å². The molecule has 0 fully saturated rings. The third-order valence-corrected chi connectivity index (χ3v) is 3.64. The average molecular weight is 309 g/mol. The molecule has 6 heteroatoms. The van der Waals surface area contributed by atoms with Gasteiger partial charge in [-0.25, -0.2) is 4.98 Å². The van der Waals surface area contributed by atoms with E-state index in [1.165, 1.54) is 6.42 Å². The zero-order chi connectivity index (χ0) is 16.4. The topological polar surface area (TPSA) is 76.3 Å². The number of hydrogen-bond donors (Lipinski definition) is 2. The van der Waals surface area contributed by atoms with Crippen LogP contribution in [0.5, 0.6) is 5.88 Å². The molecule has 3 N–H and O–H groups in total. The summed E-state index contributed by atoms with van der Waals surface area (Å²) < 4.78 is 5.49. The summed E-state index contributed by atoms with van der Waals surface area (Å²) in [4.78, 5) is 11.2. The Kier molecular flexibility index (Phi) is 8.58. The summed E-state index contributed by atoms with van der Waals surface area (Å²) in [6.07, 6.45) is 3.01. The highest BCUT2D eigenvalue weighted by atomic mass is 16.5. The first kappa shape index (κ1) is 18.5. The average Bonchev–Trinajstić information content (AvgIpc) is 2.54. The van der Waals surface area contributed by atoms with Gasteiger partial charge < -0.3 is 20.7 Å². The first-order valence-electron chi connectivity index (χ1n) is 8.41. The van der Waals surface area contributed by atoms with E-state index in [4.69, 9.17) is 10.5 Å². The molecular formula is C16H31N5O. The maximum Gasteiger partial charge on any atom is 0.242 e. The molecule has 126 valence electrons. The van der Waals surface area contributed by atoms with E-state index < -0.39 is 0 Å². The van der Waals surface area contributed by atoms with Gasteiger partial charge in [-0.2, -0.15) is 4.98 Å². The van der Waals surface area contributed by atoms with Crippen LogP contribution in [0.25, 0.3) is 0 Å². The van der Waals surface area contributed by atoms with Crippen LogP contribution in [-0.2, 0) is 6.42 Å². The van der Waals surface area contributed by atoms with Crippen LogP contribution in [-0.4, -0.2) is 47.7 Å². The Morgan fingerprint density at radius 3 is 2.41 bits per heavy atom. The summed E-state index contributed by atoms with van der Waals surface area (Å²) in [6.45, 7) is 13.1. The van der Waals surface area contributed by atoms with E-state index in [1.54, 1.807) is 0 Å². The molecule has 0 aliphatic rings. The monoisotopic (exact) mass is 309 g/mol. The molecule has 1 aromatic rings. The molecule has 0 saturated carbocycles. The molecule has 0 saturated heterocycles. The quantitative estimate of drug-likeness (QED) is 0.612. The Morgan fingerprint density at radius 1 is 1.09 bits per heavy atom. The Morgan fingerprint density at radius 2 is 1.82 bits per heavy atom. The second-order valence-corrected chi connectivity index (χ2v) is 5.15. The first-order chi connectivity index (χ1) is 10.7. The van der Waals surface area contributed by atoms with Crippen molar-refractivity contribution in [3.8, 4) is 5.88 Å². The van der Waals surface area contributed by atoms with Crippen molar-refractivity contribution in [3.63, 3.8) is 0 Å². The number of aryl methyl sites for hydroxylation is 1. The predicted octanol–water partition coefficient (Wildman–Crippen LogP) is 2.55. The molecule has 1 heterocycles. The van der Waals surface area contributed by atoms with Crippen LogP contribution in [0.3, 0.4) is 0 Å². The van der Waals surface area contributed by atoms with Gasteiger partial charge in [-0.1, -0.05) is 20.8 Å². The van der Waals surface area contributed by atoms with Crippen molar-refractivity contribution in [2.24, 2.45) is 0 Å². The molecule has 0 aromatic carbocycles. The molecule has 0 radical (unpaired) electrons. The third-order valence-electron chi connectivity index (χ3n) is 3.64. The number of nitrogens with two attached hydrogens (primary N) is 1. The summed E-state index contributed by atoms with van der Waals surface area (Å²) in [5, 5.41) is 3.32. The second kappa shape index (κ2) is 10.2. The molecule has 0 spiro atoms. The van der Waals surface area contributed by atoms with Gasteiger partial charge in [0.05, 0.1) is 6.61 Å². The largest absolute Gasteiger partial charge is 0.476 e. The molecule has 0 atom stereocenters. The summed E-state index contributed by atoms with van der Waals surface area (Å²) in [5.74, 6) is 1.93. The lowest BCUT2D eigenvalue weighted by molar-refractivity contribution is 0.298. The lowest BCUT2D eigenvalue weighted by Gasteiger charge is -2.18. The Hall–Kier alpha value is -1.56. The normalized spacial score (nSPS) is 11.0. The molecule has 0 aliphatic carbocycles. The van der Waals surface area contributed by atoms with Crippen LogP contribution in [0.4, 0.5) is 11.5 Å². The molecule has 1 aromatic heterocycles. The van der Waals surface area contributed by atoms with Crippen molar-refractivity contribution in [1.82, 2.24) is 14.9 Å². The summed E-state index contributed by atoms with van der Waals surface area (Å²) in [6, 6.07) is 0. The maximum absolute atomic E-state index is 6.08. The minimum absolute atomic E-state index is 0.486. The fraction of sp³-hybridized carbons (Fsp3) is 0.750. The molecule has 0 aliphatic heterocycles. The van der Waals surface area contributed by atoms with Crippen LogP contribution in [0.15, 0.2) is 0 Å². The van der Waals surface area contributed by atoms with Gasteiger partial charge in [-0.15, -0.1) is 0 Å². The van der Waals surface area contributed by atoms with Gasteiger partial charge >= 0.3 is 0 Å². The molecule has 1 rings (SSSR count). The fourth-order valence-electron chi connectivity index (χ4n) is 2.24. The summed E-state index contributed by atoms with van der Waals surface area (Å²) in [7, 11) is 0. The fourth-order valence-corrected chi connectivity index (χ4v) is 2.24. The number of hydrogen-bond acceptors (Lipinski definition) is 6. The smallest absolute Gasteiger partial charge is 0.242 e. The number of anilines is 2. The van der Waals surface area contributed by atoms with Gasteiger partial charge in [-0.3, -0.25) is 0 Å². The second-order valence-electron chi connectivity index (χ2n) is 5.15. The minimum Gasteiger partial charge on any atom is -0.476 e. The van der Waals surface area contributed by atoms with Crippen molar-refractivity contribution < 1.29 is 4.74 Å². The molecule has 0 bridgehead atoms. The van der Waals surface area contributed by atoms with Crippen LogP contribution in [0.1, 0.15) is 46.4 Å². The van der Waals surface area contributed by atoms with Gasteiger partial charge in [0.15, 0.2) is 5.82 Å². The Bertz CT molecular complexity index is 435. The SMILES string of the molecule is CCOc1nc(CC)nc(NCCCCN(CC)CC)c1N. The molecular weight excluding hydrogens is 278 g/mol. The van der Waals surface area contributed by atoms with Crippen LogP contribution < -0.4 is 15.8 Å². The summed E-state index contributed by atoms with van der Waals surface area (Å²) >= 11 is 0. The van der Waals surface area contributed by atoms with Crippen molar-refractivity contribution >= 4 is 11.5 Å². The lowest BCUT2D eigenvalue weighted by Crippen LogP contribution is -2.24. The zero-order valence-corrected chi connectivity index (χ0v) is 14.5. The minimum atomic E-state index is 0.486. The standard InChI is InChI=1S/C16H31N5O/c1-5-13-19-15(14(17)16(20-13)22-8-4)18-11-9-10-12-21(6-2)7-3/h5-12,17H2,1-4H3,(H,18,19,20). The number of rotatable bonds is 11. The number of nitrogens with zero attached hydrogens (tertiary/aromatic N) is 3. The van der Waals surface area contributed by atoms with E-state index in [-0.39, 0.29) is 0 Å². The molecule has 0 unspecified atom stereocenters. The van der Waals surface area contributed by atoms with Crippen molar-refractivity contribution in [2.45, 2.75) is 47.0 Å². The zero-order valence-electron chi connectivity index (χ0n) is 14.5. The highest BCUT2D eigenvalue weighted by Crippen LogP contribution is 2.26. The Labute approximate surface area is 134 Å². The number of nitrogen functional groups attached to an aromatic ring is 1. The number of ether oxygens (including phenoxy) is 1. The van der Waals surface area contributed by atoms with Gasteiger partial charge in [0, 0.05) is 13.0 Å². The molecule has 22 heavy (non-hydrogen) atoms. The van der Waals surface area contributed by atoms with Gasteiger partial charge in [-0.05, 0) is 39.4 Å². The number of aromatic nitrogens is 2. The van der Waals surface area contributed by atoms with Gasteiger partial charge in [0.2, 0.25) is 5.88 Å². The molecule has 6 nitrogen and oxygen atoms in total. The van der Waals surface area contributed by atoms with E-state index in [9.17, 15) is 0 Å². The summed E-state index contributed by atoms with van der Waals surface area (Å²) in [5.41, 5.74) is 6.58. The number of unbranched alkanes of at least 4 members (excludes halogenated alkanes) is 1.